The maximum absolute atomic E-state index is 12.1. The number of ether oxygens (including phenoxy) is 1. The Hall–Kier alpha value is -3.29. The van der Waals surface area contributed by atoms with Crippen LogP contribution in [0.4, 0.5) is 17.1 Å². The van der Waals surface area contributed by atoms with E-state index in [0.29, 0.717) is 0 Å². The number of nitrogens with one attached hydrogen (secondary N) is 2. The lowest BCUT2D eigenvalue weighted by molar-refractivity contribution is 0.0824. The van der Waals surface area contributed by atoms with Crippen molar-refractivity contribution in [2.45, 2.75) is 25.9 Å². The quantitative estimate of drug-likeness (QED) is 0.515. The van der Waals surface area contributed by atoms with Crippen LogP contribution in [0.3, 0.4) is 0 Å². The largest absolute Gasteiger partial charge is 0.505 e. The smallest absolute Gasteiger partial charge is 0.257 e. The highest BCUT2D eigenvalue weighted by atomic mass is 16.5. The van der Waals surface area contributed by atoms with Crippen molar-refractivity contribution in [2.75, 3.05) is 31.3 Å². The van der Waals surface area contributed by atoms with Crippen LogP contribution in [0, 0.1) is 0 Å². The molecule has 0 saturated heterocycles. The predicted octanol–water partition coefficient (Wildman–Crippen LogP) is 1.93. The monoisotopic (exact) mass is 385 g/mol. The van der Waals surface area contributed by atoms with Crippen LogP contribution >= 0.6 is 0 Å². The van der Waals surface area contributed by atoms with Crippen molar-refractivity contribution in [3.05, 3.63) is 56.0 Å². The number of para-hydroxylation sites is 1. The second kappa shape index (κ2) is 7.75. The van der Waals surface area contributed by atoms with E-state index in [9.17, 15) is 19.5 Å². The van der Waals surface area contributed by atoms with Gasteiger partial charge in [-0.05, 0) is 38.0 Å². The lowest BCUT2D eigenvalue weighted by atomic mass is 10.1. The summed E-state index contributed by atoms with van der Waals surface area (Å²) in [5.74, 6) is 0.0616. The molecular formula is C20H23N3O5. The molecule has 28 heavy (non-hydrogen) atoms. The molecule has 1 heterocycles. The number of amides is 1. The summed E-state index contributed by atoms with van der Waals surface area (Å²) in [5.41, 5.74) is -0.858. The maximum atomic E-state index is 12.1. The molecule has 0 radical (unpaired) electrons. The van der Waals surface area contributed by atoms with Gasteiger partial charge in [0, 0.05) is 14.1 Å². The summed E-state index contributed by atoms with van der Waals surface area (Å²) in [6, 6.07) is 4.59. The molecule has 0 bridgehead atoms. The van der Waals surface area contributed by atoms with E-state index in [1.165, 1.54) is 17.0 Å². The number of aromatic hydroxyl groups is 1. The molecule has 0 fully saturated rings. The molecule has 3 N–H and O–H groups in total. The first-order valence-electron chi connectivity index (χ1n) is 9.03. The van der Waals surface area contributed by atoms with Crippen LogP contribution in [0.5, 0.6) is 5.75 Å². The first kappa shape index (κ1) is 19.5. The maximum Gasteiger partial charge on any atom is 0.257 e. The van der Waals surface area contributed by atoms with Gasteiger partial charge in [-0.1, -0.05) is 6.07 Å². The molecule has 0 aliphatic carbocycles. The molecule has 2 aromatic carbocycles. The van der Waals surface area contributed by atoms with Gasteiger partial charge in [-0.2, -0.15) is 0 Å². The van der Waals surface area contributed by atoms with Crippen LogP contribution in [0.25, 0.3) is 0 Å². The van der Waals surface area contributed by atoms with Crippen LogP contribution in [0.1, 0.15) is 30.1 Å². The normalized spacial score (nSPS) is 16.2. The fraction of sp³-hybridized carbons (Fsp3) is 0.350. The summed E-state index contributed by atoms with van der Waals surface area (Å²) >= 11 is 0. The highest BCUT2D eigenvalue weighted by Crippen LogP contribution is 2.32. The van der Waals surface area contributed by atoms with Gasteiger partial charge < -0.3 is 25.4 Å². The first-order valence-corrected chi connectivity index (χ1v) is 9.03. The van der Waals surface area contributed by atoms with Gasteiger partial charge in [-0.3, -0.25) is 14.4 Å². The summed E-state index contributed by atoms with van der Waals surface area (Å²) in [7, 11) is 3.15. The van der Waals surface area contributed by atoms with Gasteiger partial charge in [0.15, 0.2) is 5.75 Å². The summed E-state index contributed by atoms with van der Waals surface area (Å²) in [6.45, 7) is 2.26. The SMILES string of the molecule is CC1CCC=C(CNc2c(Nc3cccc(C(=O)N(C)C)c3O)c(=O)c2=O)O1. The fourth-order valence-corrected chi connectivity index (χ4v) is 3.01. The van der Waals surface area contributed by atoms with Crippen molar-refractivity contribution >= 4 is 23.0 Å². The number of hydrogen-bond acceptors (Lipinski definition) is 7. The number of benzene rings is 1. The molecule has 1 unspecified atom stereocenters. The van der Waals surface area contributed by atoms with Crippen LogP contribution in [-0.4, -0.2) is 42.7 Å². The zero-order valence-corrected chi connectivity index (χ0v) is 16.0. The third kappa shape index (κ3) is 3.71. The van der Waals surface area contributed by atoms with Gasteiger partial charge in [0.2, 0.25) is 0 Å². The third-order valence-electron chi connectivity index (χ3n) is 4.58. The zero-order chi connectivity index (χ0) is 20.4. The minimum absolute atomic E-state index is 0.0548. The van der Waals surface area contributed by atoms with Crippen LogP contribution < -0.4 is 21.5 Å². The van der Waals surface area contributed by atoms with E-state index >= 15 is 0 Å². The van der Waals surface area contributed by atoms with Crippen molar-refractivity contribution in [3.8, 4) is 5.75 Å². The van der Waals surface area contributed by atoms with Gasteiger partial charge >= 0.3 is 0 Å². The van der Waals surface area contributed by atoms with Crippen molar-refractivity contribution in [2.24, 2.45) is 0 Å². The van der Waals surface area contributed by atoms with Crippen molar-refractivity contribution in [1.82, 2.24) is 4.90 Å². The van der Waals surface area contributed by atoms with Crippen LogP contribution in [0.15, 0.2) is 39.6 Å². The second-order valence-corrected chi connectivity index (χ2v) is 6.96. The van der Waals surface area contributed by atoms with Gasteiger partial charge in [-0.25, -0.2) is 0 Å². The topological polar surface area (TPSA) is 108 Å². The number of phenols is 1. The first-order chi connectivity index (χ1) is 13.3. The van der Waals surface area contributed by atoms with E-state index in [4.69, 9.17) is 4.74 Å². The number of allylic oxidation sites excluding steroid dienone is 1. The summed E-state index contributed by atoms with van der Waals surface area (Å²) in [4.78, 5) is 37.4. The highest BCUT2D eigenvalue weighted by molar-refractivity contribution is 5.99. The molecular weight excluding hydrogens is 362 g/mol. The molecule has 2 aromatic rings. The molecule has 1 atom stereocenters. The molecule has 1 aliphatic heterocycles. The lowest BCUT2D eigenvalue weighted by Gasteiger charge is -2.23. The Bertz CT molecular complexity index is 1000. The Kier molecular flexibility index (Phi) is 5.39. The van der Waals surface area contributed by atoms with Crippen molar-refractivity contribution in [1.29, 1.82) is 0 Å². The molecule has 0 aromatic heterocycles. The summed E-state index contributed by atoms with van der Waals surface area (Å²) < 4.78 is 5.68. The molecule has 8 heteroatoms. The van der Waals surface area contributed by atoms with Crippen LogP contribution in [-0.2, 0) is 4.74 Å². The average Bonchev–Trinajstić information content (AvgIpc) is 2.67. The van der Waals surface area contributed by atoms with E-state index in [-0.39, 0.29) is 46.9 Å². The molecule has 148 valence electrons. The molecule has 1 amide bonds. The second-order valence-electron chi connectivity index (χ2n) is 6.96. The van der Waals surface area contributed by atoms with E-state index in [2.05, 4.69) is 10.6 Å². The Morgan fingerprint density at radius 2 is 1.96 bits per heavy atom. The average molecular weight is 385 g/mol. The molecule has 3 rings (SSSR count). The summed E-state index contributed by atoms with van der Waals surface area (Å²) in [6.07, 6.45) is 3.90. The minimum Gasteiger partial charge on any atom is -0.505 e. The van der Waals surface area contributed by atoms with E-state index in [0.717, 1.165) is 18.6 Å². The molecule has 1 aliphatic rings. The number of hydrogen-bond donors (Lipinski definition) is 3. The standard InChI is InChI=1S/C20H23N3O5/c1-11-6-4-7-12(28-11)10-21-15-16(19(26)18(15)25)22-14-9-5-8-13(17(14)24)20(27)23(2)3/h5,7-9,11,21-22,24H,4,6,10H2,1-3H3. The van der Waals surface area contributed by atoms with Gasteiger partial charge in [0.05, 0.1) is 23.9 Å². The summed E-state index contributed by atoms with van der Waals surface area (Å²) in [5, 5.41) is 16.1. The van der Waals surface area contributed by atoms with Gasteiger partial charge in [-0.15, -0.1) is 0 Å². The Morgan fingerprint density at radius 3 is 2.64 bits per heavy atom. The number of nitrogens with zero attached hydrogens (tertiary/aromatic N) is 1. The van der Waals surface area contributed by atoms with Crippen LogP contribution in [0.2, 0.25) is 0 Å². The number of rotatable bonds is 6. The van der Waals surface area contributed by atoms with Crippen molar-refractivity contribution < 1.29 is 14.6 Å². The number of phenolic OH excluding ortho intramolecular Hbond substituents is 1. The highest BCUT2D eigenvalue weighted by Gasteiger charge is 2.24. The molecule has 0 spiro atoms. The Balaban J connectivity index is 1.79. The zero-order valence-electron chi connectivity index (χ0n) is 16.0. The number of carbonyl (C=O) groups excluding carboxylic acids is 1. The third-order valence-corrected chi connectivity index (χ3v) is 4.58. The van der Waals surface area contributed by atoms with Crippen molar-refractivity contribution in [3.63, 3.8) is 0 Å². The minimum atomic E-state index is -0.682. The van der Waals surface area contributed by atoms with Gasteiger partial charge in [0.25, 0.3) is 16.8 Å². The Labute approximate surface area is 162 Å². The van der Waals surface area contributed by atoms with E-state index in [1.54, 1.807) is 20.2 Å². The predicted molar refractivity (Wildman–Crippen MR) is 107 cm³/mol. The fourth-order valence-electron chi connectivity index (χ4n) is 3.01. The number of carbonyl (C=O) groups is 1. The Morgan fingerprint density at radius 1 is 1.25 bits per heavy atom. The van der Waals surface area contributed by atoms with E-state index in [1.807, 2.05) is 13.0 Å². The lowest BCUT2D eigenvalue weighted by Crippen LogP contribution is -2.37. The number of anilines is 3. The van der Waals surface area contributed by atoms with E-state index < -0.39 is 10.9 Å². The molecule has 8 nitrogen and oxygen atoms in total. The van der Waals surface area contributed by atoms with Gasteiger partial charge in [0.1, 0.15) is 17.1 Å². The molecule has 0 saturated carbocycles.